The molecule has 3 N–H and O–H groups in total. The first-order chi connectivity index (χ1) is 9.16. The van der Waals surface area contributed by atoms with E-state index in [4.69, 9.17) is 0 Å². The van der Waals surface area contributed by atoms with Gasteiger partial charge in [-0.2, -0.15) is 11.8 Å². The van der Waals surface area contributed by atoms with Gasteiger partial charge in [-0.3, -0.25) is 4.79 Å². The van der Waals surface area contributed by atoms with Gasteiger partial charge in [-0.25, -0.2) is 0 Å². The number of rotatable bonds is 3. The molecule has 100 valence electrons. The molecule has 1 amide bonds. The van der Waals surface area contributed by atoms with Gasteiger partial charge in [0, 0.05) is 29.6 Å². The highest BCUT2D eigenvalue weighted by Crippen LogP contribution is 2.27. The van der Waals surface area contributed by atoms with Crippen LogP contribution in [0.25, 0.3) is 10.9 Å². The third-order valence-electron chi connectivity index (χ3n) is 3.48. The van der Waals surface area contributed by atoms with E-state index in [1.54, 1.807) is 17.8 Å². The number of fused-ring (bicyclic) bond motifs is 1. The number of thioether (sulfide) groups is 1. The van der Waals surface area contributed by atoms with E-state index in [1.807, 2.05) is 24.4 Å². The van der Waals surface area contributed by atoms with Crippen LogP contribution in [-0.2, 0) is 0 Å². The zero-order valence-electron chi connectivity index (χ0n) is 10.5. The number of aromatic nitrogens is 1. The lowest BCUT2D eigenvalue weighted by Crippen LogP contribution is -2.42. The van der Waals surface area contributed by atoms with Crippen LogP contribution < -0.4 is 5.32 Å². The van der Waals surface area contributed by atoms with Gasteiger partial charge in [0.1, 0.15) is 0 Å². The molecule has 0 radical (unpaired) electrons. The smallest absolute Gasteiger partial charge is 0.251 e. The van der Waals surface area contributed by atoms with Crippen LogP contribution in [0.4, 0.5) is 0 Å². The summed E-state index contributed by atoms with van der Waals surface area (Å²) in [6, 6.07) is 7.52. The normalized spacial score (nSPS) is 22.8. The van der Waals surface area contributed by atoms with Crippen molar-refractivity contribution in [3.05, 3.63) is 36.0 Å². The Balaban J connectivity index is 1.69. The van der Waals surface area contributed by atoms with Gasteiger partial charge in [0.05, 0.1) is 5.60 Å². The number of aromatic amines is 1. The van der Waals surface area contributed by atoms with Crippen LogP contribution in [0.15, 0.2) is 30.5 Å². The fraction of sp³-hybridized carbons (Fsp3) is 0.357. The molecule has 19 heavy (non-hydrogen) atoms. The molecule has 1 saturated heterocycles. The molecule has 3 rings (SSSR count). The maximum atomic E-state index is 12.1. The minimum Gasteiger partial charge on any atom is -0.387 e. The van der Waals surface area contributed by atoms with Crippen molar-refractivity contribution < 1.29 is 9.90 Å². The van der Waals surface area contributed by atoms with Crippen LogP contribution in [0.5, 0.6) is 0 Å². The number of aliphatic hydroxyl groups is 1. The number of benzene rings is 1. The SMILES string of the molecule is O=C(NC[C@]1(O)CCSC1)c1ccc2cc[nH]c2c1. The Bertz CT molecular complexity index is 602. The van der Waals surface area contributed by atoms with E-state index < -0.39 is 5.60 Å². The Kier molecular flexibility index (Phi) is 3.24. The van der Waals surface area contributed by atoms with Crippen LogP contribution in [0, 0.1) is 0 Å². The number of H-pyrrole nitrogens is 1. The predicted molar refractivity (Wildman–Crippen MR) is 77.5 cm³/mol. The largest absolute Gasteiger partial charge is 0.387 e. The molecule has 0 aliphatic carbocycles. The van der Waals surface area contributed by atoms with Gasteiger partial charge in [0.2, 0.25) is 0 Å². The molecule has 4 nitrogen and oxygen atoms in total. The molecule has 1 fully saturated rings. The van der Waals surface area contributed by atoms with Gasteiger partial charge >= 0.3 is 0 Å². The Morgan fingerprint density at radius 1 is 1.47 bits per heavy atom. The fourth-order valence-corrected chi connectivity index (χ4v) is 3.57. The third-order valence-corrected chi connectivity index (χ3v) is 4.71. The zero-order chi connectivity index (χ0) is 13.3. The first kappa shape index (κ1) is 12.6. The van der Waals surface area contributed by atoms with Gasteiger partial charge in [-0.05, 0) is 35.8 Å². The summed E-state index contributed by atoms with van der Waals surface area (Å²) in [6.07, 6.45) is 2.60. The first-order valence-electron chi connectivity index (χ1n) is 6.32. The minimum atomic E-state index is -0.739. The van der Waals surface area contributed by atoms with E-state index in [2.05, 4.69) is 10.3 Å². The standard InChI is InChI=1S/C14H16N2O2S/c17-13(16-8-14(18)4-6-19-9-14)11-2-1-10-3-5-15-12(10)7-11/h1-3,5,7,15,18H,4,6,8-9H2,(H,16,17)/t14-/m1/s1. The van der Waals surface area contributed by atoms with Crippen LogP contribution in [0.2, 0.25) is 0 Å². The predicted octanol–water partition coefficient (Wildman–Crippen LogP) is 1.77. The van der Waals surface area contributed by atoms with Crippen LogP contribution in [-0.4, -0.2) is 39.6 Å². The van der Waals surface area contributed by atoms with Crippen molar-refractivity contribution in [2.75, 3.05) is 18.1 Å². The molecule has 0 spiro atoms. The molecular formula is C14H16N2O2S. The molecular weight excluding hydrogens is 260 g/mol. The topological polar surface area (TPSA) is 65.1 Å². The van der Waals surface area contributed by atoms with E-state index in [0.717, 1.165) is 23.1 Å². The lowest BCUT2D eigenvalue weighted by atomic mass is 10.0. The van der Waals surface area contributed by atoms with E-state index in [9.17, 15) is 9.90 Å². The van der Waals surface area contributed by atoms with Crippen LogP contribution in [0.1, 0.15) is 16.8 Å². The van der Waals surface area contributed by atoms with Crippen molar-refractivity contribution in [3.63, 3.8) is 0 Å². The van der Waals surface area contributed by atoms with E-state index in [-0.39, 0.29) is 5.91 Å². The minimum absolute atomic E-state index is 0.137. The summed E-state index contributed by atoms with van der Waals surface area (Å²) >= 11 is 1.73. The Morgan fingerprint density at radius 3 is 3.16 bits per heavy atom. The average molecular weight is 276 g/mol. The van der Waals surface area contributed by atoms with E-state index in [1.165, 1.54) is 0 Å². The van der Waals surface area contributed by atoms with Crippen LogP contribution >= 0.6 is 11.8 Å². The maximum absolute atomic E-state index is 12.1. The van der Waals surface area contributed by atoms with Crippen molar-refractivity contribution in [2.45, 2.75) is 12.0 Å². The molecule has 1 aliphatic heterocycles. The fourth-order valence-electron chi connectivity index (χ4n) is 2.27. The van der Waals surface area contributed by atoms with Gasteiger partial charge in [0.15, 0.2) is 0 Å². The molecule has 2 heterocycles. The molecule has 1 atom stereocenters. The number of carbonyl (C=O) groups excluding carboxylic acids is 1. The Labute approximate surface area is 115 Å². The maximum Gasteiger partial charge on any atom is 0.251 e. The summed E-state index contributed by atoms with van der Waals surface area (Å²) < 4.78 is 0. The van der Waals surface area contributed by atoms with Crippen molar-refractivity contribution in [1.29, 1.82) is 0 Å². The summed E-state index contributed by atoms with van der Waals surface area (Å²) in [5, 5.41) is 14.1. The van der Waals surface area contributed by atoms with Gasteiger partial charge in [0.25, 0.3) is 5.91 Å². The molecule has 0 bridgehead atoms. The summed E-state index contributed by atoms with van der Waals surface area (Å²) in [6.45, 7) is 0.321. The van der Waals surface area contributed by atoms with Gasteiger partial charge < -0.3 is 15.4 Å². The highest BCUT2D eigenvalue weighted by Gasteiger charge is 2.32. The summed E-state index contributed by atoms with van der Waals surface area (Å²) in [4.78, 5) is 15.2. The molecule has 2 aromatic rings. The summed E-state index contributed by atoms with van der Waals surface area (Å²) in [5.41, 5.74) is 0.823. The molecule has 1 aromatic heterocycles. The second-order valence-electron chi connectivity index (χ2n) is 4.99. The van der Waals surface area contributed by atoms with Crippen molar-refractivity contribution in [3.8, 4) is 0 Å². The lowest BCUT2D eigenvalue weighted by molar-refractivity contribution is 0.0612. The van der Waals surface area contributed by atoms with Gasteiger partial charge in [-0.15, -0.1) is 0 Å². The van der Waals surface area contributed by atoms with Crippen molar-refractivity contribution in [2.24, 2.45) is 0 Å². The molecule has 1 aliphatic rings. The van der Waals surface area contributed by atoms with E-state index >= 15 is 0 Å². The highest BCUT2D eigenvalue weighted by atomic mass is 32.2. The Hall–Kier alpha value is -1.46. The summed E-state index contributed by atoms with van der Waals surface area (Å²) in [5.74, 6) is 1.52. The number of amides is 1. The quantitative estimate of drug-likeness (QED) is 0.800. The number of hydrogen-bond acceptors (Lipinski definition) is 3. The van der Waals surface area contributed by atoms with Crippen LogP contribution in [0.3, 0.4) is 0 Å². The molecule has 5 heteroatoms. The monoisotopic (exact) mass is 276 g/mol. The number of nitrogens with one attached hydrogen (secondary N) is 2. The second kappa shape index (κ2) is 4.90. The molecule has 1 aromatic carbocycles. The van der Waals surface area contributed by atoms with E-state index in [0.29, 0.717) is 17.9 Å². The van der Waals surface area contributed by atoms with Gasteiger partial charge in [-0.1, -0.05) is 6.07 Å². The van der Waals surface area contributed by atoms with Crippen molar-refractivity contribution in [1.82, 2.24) is 10.3 Å². The Morgan fingerprint density at radius 2 is 2.37 bits per heavy atom. The highest BCUT2D eigenvalue weighted by molar-refractivity contribution is 7.99. The first-order valence-corrected chi connectivity index (χ1v) is 7.47. The lowest BCUT2D eigenvalue weighted by Gasteiger charge is -2.21. The number of hydrogen-bond donors (Lipinski definition) is 3. The molecule has 0 unspecified atom stereocenters. The average Bonchev–Trinajstić information content (AvgIpc) is 3.04. The third kappa shape index (κ3) is 2.62. The second-order valence-corrected chi connectivity index (χ2v) is 6.09. The summed E-state index contributed by atoms with van der Waals surface area (Å²) in [7, 11) is 0. The zero-order valence-corrected chi connectivity index (χ0v) is 11.3. The molecule has 0 saturated carbocycles. The number of carbonyl (C=O) groups is 1. The van der Waals surface area contributed by atoms with Crippen molar-refractivity contribution >= 4 is 28.6 Å².